The molecule has 0 fully saturated rings. The Hall–Kier alpha value is -4.04. The van der Waals surface area contributed by atoms with E-state index >= 15 is 0 Å². The molecule has 6 nitrogen and oxygen atoms in total. The highest BCUT2D eigenvalue weighted by atomic mass is 32.2. The van der Waals surface area contributed by atoms with Gasteiger partial charge in [0.1, 0.15) is 21.8 Å². The highest BCUT2D eigenvalue weighted by Crippen LogP contribution is 2.38. The van der Waals surface area contributed by atoms with Crippen molar-refractivity contribution < 1.29 is 18.7 Å². The van der Waals surface area contributed by atoms with Gasteiger partial charge in [-0.2, -0.15) is 0 Å². The standard InChI is InChI=1S/C27H20FNO5S/c1-15-6-5-8-18(12-15)35-25-23(30)22-24(34-27(25)32)19-11-10-17(33-2)13-21(19)29(26(22)31)14-16-7-3-4-9-20(16)28/h3-13,30H,14H2,1-2H3. The van der Waals surface area contributed by atoms with Gasteiger partial charge in [-0.3, -0.25) is 4.79 Å². The number of rotatable bonds is 5. The number of ether oxygens (including phenoxy) is 1. The van der Waals surface area contributed by atoms with Crippen LogP contribution in [0.3, 0.4) is 0 Å². The second kappa shape index (κ2) is 8.96. The SMILES string of the molecule is COc1ccc2c3oc(=O)c(Sc4cccc(C)c4)c(O)c3c(=O)n(Cc3ccccc3F)c2c1. The number of benzene rings is 3. The fourth-order valence-corrected chi connectivity index (χ4v) is 4.99. The Morgan fingerprint density at radius 1 is 1.06 bits per heavy atom. The zero-order valence-electron chi connectivity index (χ0n) is 18.9. The van der Waals surface area contributed by atoms with Gasteiger partial charge in [0, 0.05) is 21.9 Å². The molecule has 2 heterocycles. The third-order valence-corrected chi connectivity index (χ3v) is 6.81. The predicted octanol–water partition coefficient (Wildman–Crippen LogP) is 5.47. The number of aromatic hydroxyl groups is 1. The van der Waals surface area contributed by atoms with Crippen molar-refractivity contribution in [2.45, 2.75) is 23.3 Å². The van der Waals surface area contributed by atoms with Crippen LogP contribution in [0.25, 0.3) is 21.9 Å². The van der Waals surface area contributed by atoms with Crippen LogP contribution in [-0.4, -0.2) is 16.8 Å². The quantitative estimate of drug-likeness (QED) is 0.330. The van der Waals surface area contributed by atoms with Gasteiger partial charge in [0.2, 0.25) is 0 Å². The molecule has 0 saturated heterocycles. The third kappa shape index (κ3) is 4.06. The van der Waals surface area contributed by atoms with Gasteiger partial charge >= 0.3 is 5.63 Å². The molecule has 5 rings (SSSR count). The largest absolute Gasteiger partial charge is 0.505 e. The molecular weight excluding hydrogens is 469 g/mol. The molecule has 0 radical (unpaired) electrons. The van der Waals surface area contributed by atoms with E-state index in [0.717, 1.165) is 17.3 Å². The molecule has 0 bridgehead atoms. The summed E-state index contributed by atoms with van der Waals surface area (Å²) in [7, 11) is 1.49. The maximum absolute atomic E-state index is 14.5. The summed E-state index contributed by atoms with van der Waals surface area (Å²) in [5, 5.41) is 11.4. The molecule has 3 aromatic carbocycles. The number of hydrogen-bond donors (Lipinski definition) is 1. The molecule has 1 N–H and O–H groups in total. The number of methoxy groups -OCH3 is 1. The van der Waals surface area contributed by atoms with E-state index < -0.39 is 22.8 Å². The number of nitrogens with zero attached hydrogens (tertiary/aromatic N) is 1. The molecule has 0 amide bonds. The monoisotopic (exact) mass is 489 g/mol. The summed E-state index contributed by atoms with van der Waals surface area (Å²) in [6, 6.07) is 18.5. The number of halogens is 1. The molecule has 35 heavy (non-hydrogen) atoms. The lowest BCUT2D eigenvalue weighted by Crippen LogP contribution is -2.23. The molecule has 8 heteroatoms. The molecule has 0 aliphatic heterocycles. The molecule has 0 spiro atoms. The zero-order valence-corrected chi connectivity index (χ0v) is 19.7. The van der Waals surface area contributed by atoms with Crippen LogP contribution in [0.15, 0.2) is 90.5 Å². The average molecular weight is 490 g/mol. The first kappa shape index (κ1) is 22.7. The molecule has 0 unspecified atom stereocenters. The van der Waals surface area contributed by atoms with Gasteiger partial charge in [-0.15, -0.1) is 0 Å². The summed E-state index contributed by atoms with van der Waals surface area (Å²) in [5.74, 6) is -0.459. The summed E-state index contributed by atoms with van der Waals surface area (Å²) in [6.07, 6.45) is 0. The maximum Gasteiger partial charge on any atom is 0.354 e. The Morgan fingerprint density at radius 2 is 1.86 bits per heavy atom. The molecule has 2 aromatic heterocycles. The fraction of sp³-hybridized carbons (Fsp3) is 0.111. The van der Waals surface area contributed by atoms with Crippen molar-refractivity contribution in [2.24, 2.45) is 0 Å². The summed E-state index contributed by atoms with van der Waals surface area (Å²) < 4.78 is 26.8. The van der Waals surface area contributed by atoms with Crippen molar-refractivity contribution >= 4 is 33.6 Å². The van der Waals surface area contributed by atoms with Crippen LogP contribution in [0.4, 0.5) is 4.39 Å². The maximum atomic E-state index is 14.5. The number of pyridine rings is 1. The van der Waals surface area contributed by atoms with Crippen LogP contribution in [0.2, 0.25) is 0 Å². The van der Waals surface area contributed by atoms with E-state index in [1.807, 2.05) is 25.1 Å². The van der Waals surface area contributed by atoms with Crippen LogP contribution in [0.5, 0.6) is 11.5 Å². The number of aryl methyl sites for hydroxylation is 1. The number of hydrogen-bond acceptors (Lipinski definition) is 6. The Morgan fingerprint density at radius 3 is 2.60 bits per heavy atom. The van der Waals surface area contributed by atoms with Gasteiger partial charge < -0.3 is 18.8 Å². The minimum atomic E-state index is -0.759. The van der Waals surface area contributed by atoms with Crippen LogP contribution in [-0.2, 0) is 6.54 Å². The average Bonchev–Trinajstić information content (AvgIpc) is 2.84. The van der Waals surface area contributed by atoms with Crippen molar-refractivity contribution in [2.75, 3.05) is 7.11 Å². The highest BCUT2D eigenvalue weighted by molar-refractivity contribution is 7.99. The molecule has 0 aliphatic carbocycles. The highest BCUT2D eigenvalue weighted by Gasteiger charge is 2.23. The van der Waals surface area contributed by atoms with E-state index in [1.54, 1.807) is 42.5 Å². The van der Waals surface area contributed by atoms with Crippen LogP contribution in [0, 0.1) is 12.7 Å². The third-order valence-electron chi connectivity index (χ3n) is 5.75. The molecule has 0 saturated carbocycles. The van der Waals surface area contributed by atoms with Gasteiger partial charge in [0.25, 0.3) is 5.56 Å². The molecule has 0 aliphatic rings. The second-order valence-electron chi connectivity index (χ2n) is 8.06. The Kier molecular flexibility index (Phi) is 5.82. The van der Waals surface area contributed by atoms with Gasteiger partial charge in [-0.05, 0) is 37.3 Å². The summed E-state index contributed by atoms with van der Waals surface area (Å²) in [5.41, 5.74) is 0.248. The van der Waals surface area contributed by atoms with E-state index in [-0.39, 0.29) is 22.4 Å². The Labute approximate surface area is 203 Å². The van der Waals surface area contributed by atoms with Crippen molar-refractivity contribution in [3.05, 3.63) is 104 Å². The predicted molar refractivity (Wildman–Crippen MR) is 133 cm³/mol. The molecule has 0 atom stereocenters. The van der Waals surface area contributed by atoms with Crippen molar-refractivity contribution in [1.29, 1.82) is 0 Å². The van der Waals surface area contributed by atoms with Crippen LogP contribution in [0.1, 0.15) is 11.1 Å². The van der Waals surface area contributed by atoms with Gasteiger partial charge in [0.05, 0.1) is 19.2 Å². The molecule has 176 valence electrons. The minimum absolute atomic E-state index is 0.0338. The summed E-state index contributed by atoms with van der Waals surface area (Å²) in [4.78, 5) is 27.2. The Balaban J connectivity index is 1.82. The first-order valence-corrected chi connectivity index (χ1v) is 11.6. The smallest absolute Gasteiger partial charge is 0.354 e. The lowest BCUT2D eigenvalue weighted by molar-refractivity contribution is 0.415. The number of aromatic nitrogens is 1. The van der Waals surface area contributed by atoms with E-state index in [1.165, 1.54) is 17.7 Å². The van der Waals surface area contributed by atoms with Crippen molar-refractivity contribution in [3.8, 4) is 11.5 Å². The first-order chi connectivity index (χ1) is 16.9. The summed E-state index contributed by atoms with van der Waals surface area (Å²) in [6.45, 7) is 1.82. The fourth-order valence-electron chi connectivity index (χ4n) is 4.03. The zero-order chi connectivity index (χ0) is 24.7. The van der Waals surface area contributed by atoms with E-state index in [0.29, 0.717) is 27.1 Å². The minimum Gasteiger partial charge on any atom is -0.505 e. The van der Waals surface area contributed by atoms with Crippen LogP contribution < -0.4 is 15.9 Å². The van der Waals surface area contributed by atoms with Gasteiger partial charge in [0.15, 0.2) is 11.3 Å². The second-order valence-corrected chi connectivity index (χ2v) is 9.14. The topological polar surface area (TPSA) is 81.7 Å². The summed E-state index contributed by atoms with van der Waals surface area (Å²) >= 11 is 1.02. The molecule has 5 aromatic rings. The first-order valence-electron chi connectivity index (χ1n) is 10.8. The van der Waals surface area contributed by atoms with Gasteiger partial charge in [-0.1, -0.05) is 47.7 Å². The van der Waals surface area contributed by atoms with E-state index in [4.69, 9.17) is 9.15 Å². The van der Waals surface area contributed by atoms with Gasteiger partial charge in [-0.25, -0.2) is 9.18 Å². The number of fused-ring (bicyclic) bond motifs is 3. The molecular formula is C27H20FNO5S. The van der Waals surface area contributed by atoms with Crippen LogP contribution >= 0.6 is 11.8 Å². The van der Waals surface area contributed by atoms with Crippen molar-refractivity contribution in [3.63, 3.8) is 0 Å². The van der Waals surface area contributed by atoms with E-state index in [9.17, 15) is 19.1 Å². The van der Waals surface area contributed by atoms with Crippen molar-refractivity contribution in [1.82, 2.24) is 4.57 Å². The Bertz CT molecular complexity index is 1720. The lowest BCUT2D eigenvalue weighted by Gasteiger charge is -2.15. The lowest BCUT2D eigenvalue weighted by atomic mass is 10.1. The normalized spacial score (nSPS) is 11.3. The van der Waals surface area contributed by atoms with E-state index in [2.05, 4.69) is 0 Å².